The Hall–Kier alpha value is -1.69. The Morgan fingerprint density at radius 2 is 2.69 bits per heavy atom. The molecule has 0 spiro atoms. The first-order chi connectivity index (χ1) is 7.75. The van der Waals surface area contributed by atoms with Gasteiger partial charge < -0.3 is 20.7 Å². The number of nitrogens with two attached hydrogens (primary N) is 1. The summed E-state index contributed by atoms with van der Waals surface area (Å²) in [5.74, 6) is 1.80. The summed E-state index contributed by atoms with van der Waals surface area (Å²) in [6.45, 7) is 4.84. The van der Waals surface area contributed by atoms with Gasteiger partial charge in [-0.3, -0.25) is 5.10 Å². The van der Waals surface area contributed by atoms with Crippen LogP contribution in [-0.4, -0.2) is 36.6 Å². The van der Waals surface area contributed by atoms with E-state index in [0.717, 1.165) is 30.5 Å². The lowest BCUT2D eigenvalue weighted by atomic mass is 10.4. The van der Waals surface area contributed by atoms with E-state index in [2.05, 4.69) is 20.4 Å². The minimum Gasteiger partial charge on any atom is -0.402 e. The molecule has 1 aromatic rings. The van der Waals surface area contributed by atoms with Crippen LogP contribution in [0.1, 0.15) is 6.92 Å². The van der Waals surface area contributed by atoms with Crippen molar-refractivity contribution in [3.05, 3.63) is 17.8 Å². The largest absolute Gasteiger partial charge is 0.402 e. The van der Waals surface area contributed by atoms with Gasteiger partial charge in [-0.25, -0.2) is 0 Å². The molecule has 0 radical (unpaired) electrons. The number of ether oxygens (including phenoxy) is 1. The quantitative estimate of drug-likeness (QED) is 0.692. The summed E-state index contributed by atoms with van der Waals surface area (Å²) in [6.07, 6.45) is 1.92. The van der Waals surface area contributed by atoms with Crippen LogP contribution in [-0.2, 0) is 4.74 Å². The highest BCUT2D eigenvalue weighted by atomic mass is 16.5. The molecule has 4 N–H and O–H groups in total. The van der Waals surface area contributed by atoms with Crippen LogP contribution in [0.2, 0.25) is 0 Å². The molecule has 0 amide bonds. The normalized spacial score (nSPS) is 16.8. The monoisotopic (exact) mass is 223 g/mol. The van der Waals surface area contributed by atoms with E-state index in [1.165, 1.54) is 0 Å². The SMILES string of the molecule is C/C(N)=C/CNc1cc(N2CCOC2)n[nH]1. The van der Waals surface area contributed by atoms with Gasteiger partial charge in [-0.05, 0) is 13.0 Å². The van der Waals surface area contributed by atoms with Crippen LogP contribution in [0.5, 0.6) is 0 Å². The van der Waals surface area contributed by atoms with E-state index in [1.807, 2.05) is 19.1 Å². The third-order valence-corrected chi connectivity index (χ3v) is 2.36. The molecule has 0 unspecified atom stereocenters. The average Bonchev–Trinajstić information content (AvgIpc) is 2.85. The maximum atomic E-state index is 5.53. The van der Waals surface area contributed by atoms with E-state index in [4.69, 9.17) is 10.5 Å². The highest BCUT2D eigenvalue weighted by Crippen LogP contribution is 2.17. The van der Waals surface area contributed by atoms with Gasteiger partial charge in [0.05, 0.1) is 6.61 Å². The Labute approximate surface area is 94.5 Å². The Morgan fingerprint density at radius 1 is 1.81 bits per heavy atom. The molecule has 0 aliphatic carbocycles. The summed E-state index contributed by atoms with van der Waals surface area (Å²) in [4.78, 5) is 2.08. The lowest BCUT2D eigenvalue weighted by molar-refractivity contribution is 0.201. The molecule has 88 valence electrons. The number of H-pyrrole nitrogens is 1. The molecular weight excluding hydrogens is 206 g/mol. The Bertz CT molecular complexity index is 363. The van der Waals surface area contributed by atoms with Gasteiger partial charge in [-0.2, -0.15) is 5.10 Å². The van der Waals surface area contributed by atoms with Crippen molar-refractivity contribution in [1.82, 2.24) is 10.2 Å². The number of anilines is 2. The summed E-state index contributed by atoms with van der Waals surface area (Å²) in [6, 6.07) is 1.97. The third kappa shape index (κ3) is 2.66. The van der Waals surface area contributed by atoms with Crippen molar-refractivity contribution < 1.29 is 4.74 Å². The lowest BCUT2D eigenvalue weighted by Gasteiger charge is -2.09. The van der Waals surface area contributed by atoms with Gasteiger partial charge in [0, 0.05) is 24.9 Å². The zero-order valence-electron chi connectivity index (χ0n) is 9.36. The van der Waals surface area contributed by atoms with Gasteiger partial charge in [-0.15, -0.1) is 0 Å². The van der Waals surface area contributed by atoms with E-state index in [0.29, 0.717) is 13.3 Å². The van der Waals surface area contributed by atoms with Crippen LogP contribution < -0.4 is 16.0 Å². The van der Waals surface area contributed by atoms with Crippen LogP contribution in [0.4, 0.5) is 11.6 Å². The van der Waals surface area contributed by atoms with Crippen molar-refractivity contribution >= 4 is 11.6 Å². The molecule has 1 fully saturated rings. The maximum absolute atomic E-state index is 5.53. The second-order valence-electron chi connectivity index (χ2n) is 3.77. The van der Waals surface area contributed by atoms with Crippen LogP contribution >= 0.6 is 0 Å². The fourth-order valence-corrected chi connectivity index (χ4v) is 1.48. The number of aromatic nitrogens is 2. The number of hydrogen-bond acceptors (Lipinski definition) is 5. The number of nitrogens with one attached hydrogen (secondary N) is 2. The first-order valence-corrected chi connectivity index (χ1v) is 5.30. The van der Waals surface area contributed by atoms with Crippen LogP contribution in [0.25, 0.3) is 0 Å². The number of aromatic amines is 1. The number of hydrogen-bond donors (Lipinski definition) is 3. The van der Waals surface area contributed by atoms with Crippen molar-refractivity contribution in [3.8, 4) is 0 Å². The molecule has 1 aliphatic heterocycles. The fourth-order valence-electron chi connectivity index (χ4n) is 1.48. The van der Waals surface area contributed by atoms with Crippen molar-refractivity contribution in [3.63, 3.8) is 0 Å². The highest BCUT2D eigenvalue weighted by Gasteiger charge is 2.15. The summed E-state index contributed by atoms with van der Waals surface area (Å²) < 4.78 is 5.26. The van der Waals surface area contributed by atoms with Crippen LogP contribution in [0.3, 0.4) is 0 Å². The second-order valence-corrected chi connectivity index (χ2v) is 3.77. The van der Waals surface area contributed by atoms with E-state index >= 15 is 0 Å². The van der Waals surface area contributed by atoms with Crippen molar-refractivity contribution in [2.45, 2.75) is 6.92 Å². The number of allylic oxidation sites excluding steroid dienone is 1. The fraction of sp³-hybridized carbons (Fsp3) is 0.500. The predicted molar refractivity (Wildman–Crippen MR) is 63.2 cm³/mol. The molecule has 16 heavy (non-hydrogen) atoms. The van der Waals surface area contributed by atoms with Gasteiger partial charge in [0.2, 0.25) is 0 Å². The van der Waals surface area contributed by atoms with Gasteiger partial charge in [0.1, 0.15) is 12.5 Å². The van der Waals surface area contributed by atoms with Crippen molar-refractivity contribution in [2.24, 2.45) is 5.73 Å². The third-order valence-electron chi connectivity index (χ3n) is 2.36. The summed E-state index contributed by atoms with van der Waals surface area (Å²) >= 11 is 0. The van der Waals surface area contributed by atoms with E-state index in [1.54, 1.807) is 0 Å². The average molecular weight is 223 g/mol. The first-order valence-electron chi connectivity index (χ1n) is 5.30. The molecule has 1 aromatic heterocycles. The van der Waals surface area contributed by atoms with Crippen LogP contribution in [0.15, 0.2) is 17.8 Å². The Morgan fingerprint density at radius 3 is 3.38 bits per heavy atom. The molecule has 0 bridgehead atoms. The zero-order valence-corrected chi connectivity index (χ0v) is 9.36. The molecular formula is C10H17N5O. The Kier molecular flexibility index (Phi) is 3.31. The molecule has 6 heteroatoms. The minimum atomic E-state index is 0.617. The lowest BCUT2D eigenvalue weighted by Crippen LogP contribution is -2.18. The summed E-state index contributed by atoms with van der Waals surface area (Å²) in [7, 11) is 0. The molecule has 0 saturated carbocycles. The summed E-state index contributed by atoms with van der Waals surface area (Å²) in [5.41, 5.74) is 6.34. The maximum Gasteiger partial charge on any atom is 0.154 e. The molecule has 2 heterocycles. The smallest absolute Gasteiger partial charge is 0.154 e. The molecule has 1 saturated heterocycles. The van der Waals surface area contributed by atoms with Gasteiger partial charge >= 0.3 is 0 Å². The Balaban J connectivity index is 1.89. The topological polar surface area (TPSA) is 79.2 Å². The minimum absolute atomic E-state index is 0.617. The van der Waals surface area contributed by atoms with Crippen molar-refractivity contribution in [2.75, 3.05) is 36.6 Å². The first kappa shape index (κ1) is 10.8. The highest BCUT2D eigenvalue weighted by molar-refractivity contribution is 5.49. The number of rotatable bonds is 4. The number of nitrogens with zero attached hydrogens (tertiary/aromatic N) is 2. The standard InChI is InChI=1S/C10H17N5O/c1-8(11)2-3-12-9-6-10(14-13-9)15-4-5-16-7-15/h2,6H,3-5,7,11H2,1H3,(H2,12,13,14)/b8-2-. The van der Waals surface area contributed by atoms with Crippen LogP contribution in [0, 0.1) is 0 Å². The molecule has 6 nitrogen and oxygen atoms in total. The molecule has 0 aromatic carbocycles. The van der Waals surface area contributed by atoms with Gasteiger partial charge in [0.15, 0.2) is 5.82 Å². The van der Waals surface area contributed by atoms with E-state index in [9.17, 15) is 0 Å². The van der Waals surface area contributed by atoms with Gasteiger partial charge in [0.25, 0.3) is 0 Å². The van der Waals surface area contributed by atoms with E-state index in [-0.39, 0.29) is 0 Å². The van der Waals surface area contributed by atoms with Crippen molar-refractivity contribution in [1.29, 1.82) is 0 Å². The molecule has 2 rings (SSSR count). The van der Waals surface area contributed by atoms with Gasteiger partial charge in [-0.1, -0.05) is 0 Å². The molecule has 0 atom stereocenters. The zero-order chi connectivity index (χ0) is 11.4. The predicted octanol–water partition coefficient (Wildman–Crippen LogP) is 0.478. The summed E-state index contributed by atoms with van der Waals surface area (Å²) in [5, 5.41) is 10.3. The molecule has 1 aliphatic rings. The van der Waals surface area contributed by atoms with E-state index < -0.39 is 0 Å². The second kappa shape index (κ2) is 4.89.